The van der Waals surface area contributed by atoms with Gasteiger partial charge in [0.05, 0.1) is 12.1 Å². The van der Waals surface area contributed by atoms with Gasteiger partial charge in [-0.15, -0.1) is 0 Å². The molecule has 1 heterocycles. The number of benzene rings is 1. The first-order valence-corrected chi connectivity index (χ1v) is 6.75. The second-order valence-corrected chi connectivity index (χ2v) is 4.90. The zero-order chi connectivity index (χ0) is 12.8. The predicted molar refractivity (Wildman–Crippen MR) is 72.9 cm³/mol. The maximum atomic E-state index is 9.07. The molecule has 0 fully saturated rings. The summed E-state index contributed by atoms with van der Waals surface area (Å²) in [6.07, 6.45) is 1.98. The summed E-state index contributed by atoms with van der Waals surface area (Å²) in [5, 5.41) is 12.3. The van der Waals surface area contributed by atoms with Crippen LogP contribution in [0.3, 0.4) is 0 Å². The highest BCUT2D eigenvalue weighted by Gasteiger charge is 2.18. The summed E-state index contributed by atoms with van der Waals surface area (Å²) in [7, 11) is 0. The van der Waals surface area contributed by atoms with Crippen molar-refractivity contribution in [2.24, 2.45) is 0 Å². The van der Waals surface area contributed by atoms with Crippen molar-refractivity contribution in [3.8, 4) is 6.07 Å². The molecule has 0 bridgehead atoms. The van der Waals surface area contributed by atoms with Crippen LogP contribution in [0.5, 0.6) is 0 Å². The van der Waals surface area contributed by atoms with Gasteiger partial charge in [-0.1, -0.05) is 31.2 Å². The van der Waals surface area contributed by atoms with Crippen molar-refractivity contribution in [1.29, 1.82) is 5.26 Å². The Morgan fingerprint density at radius 3 is 2.56 bits per heavy atom. The lowest BCUT2D eigenvalue weighted by Gasteiger charge is -2.17. The van der Waals surface area contributed by atoms with Gasteiger partial charge in [0, 0.05) is 19.6 Å². The lowest BCUT2D eigenvalue weighted by Crippen LogP contribution is -2.32. The molecule has 1 N–H and O–H groups in total. The van der Waals surface area contributed by atoms with Crippen LogP contribution in [0.15, 0.2) is 24.3 Å². The van der Waals surface area contributed by atoms with E-state index in [0.717, 1.165) is 39.0 Å². The Labute approximate surface area is 109 Å². The lowest BCUT2D eigenvalue weighted by molar-refractivity contribution is 0.272. The van der Waals surface area contributed by atoms with E-state index in [1.807, 2.05) is 0 Å². The van der Waals surface area contributed by atoms with E-state index in [-0.39, 0.29) is 6.04 Å². The first-order valence-electron chi connectivity index (χ1n) is 6.75. The van der Waals surface area contributed by atoms with Crippen molar-refractivity contribution in [1.82, 2.24) is 10.2 Å². The monoisotopic (exact) mass is 243 g/mol. The Kier molecular flexibility index (Phi) is 4.74. The summed E-state index contributed by atoms with van der Waals surface area (Å²) in [6, 6.07) is 10.9. The average Bonchev–Trinajstić information content (AvgIpc) is 2.81. The summed E-state index contributed by atoms with van der Waals surface area (Å²) in [5.74, 6) is 0. The number of nitriles is 1. The standard InChI is InChI=1S/C15H21N3/c1-2-8-17-15(10-16)7-9-18-11-13-5-3-4-6-14(13)12-18/h3-6,15,17H,2,7-9,11-12H2,1H3. The molecule has 0 saturated carbocycles. The predicted octanol–water partition coefficient (Wildman–Crippen LogP) is 2.28. The normalized spacial score (nSPS) is 16.2. The third-order valence-electron chi connectivity index (χ3n) is 3.44. The molecule has 1 aliphatic rings. The van der Waals surface area contributed by atoms with E-state index in [9.17, 15) is 0 Å². The molecule has 3 nitrogen and oxygen atoms in total. The molecular weight excluding hydrogens is 222 g/mol. The summed E-state index contributed by atoms with van der Waals surface area (Å²) < 4.78 is 0. The van der Waals surface area contributed by atoms with Crippen molar-refractivity contribution in [2.45, 2.75) is 38.9 Å². The van der Waals surface area contributed by atoms with Crippen molar-refractivity contribution in [3.63, 3.8) is 0 Å². The van der Waals surface area contributed by atoms with Gasteiger partial charge in [0.15, 0.2) is 0 Å². The molecule has 1 atom stereocenters. The highest BCUT2D eigenvalue weighted by atomic mass is 15.1. The van der Waals surface area contributed by atoms with Crippen LogP contribution in [-0.2, 0) is 13.1 Å². The minimum absolute atomic E-state index is 0.00587. The largest absolute Gasteiger partial charge is 0.302 e. The van der Waals surface area contributed by atoms with Gasteiger partial charge >= 0.3 is 0 Å². The second kappa shape index (κ2) is 6.53. The van der Waals surface area contributed by atoms with E-state index in [4.69, 9.17) is 5.26 Å². The highest BCUT2D eigenvalue weighted by molar-refractivity contribution is 5.30. The van der Waals surface area contributed by atoms with Crippen LogP contribution in [0, 0.1) is 11.3 Å². The molecule has 1 aliphatic heterocycles. The van der Waals surface area contributed by atoms with Crippen molar-refractivity contribution < 1.29 is 0 Å². The summed E-state index contributed by atoms with van der Waals surface area (Å²) in [6.45, 7) is 6.10. The van der Waals surface area contributed by atoms with Crippen LogP contribution in [0.2, 0.25) is 0 Å². The van der Waals surface area contributed by atoms with Crippen LogP contribution in [0.1, 0.15) is 30.9 Å². The number of hydrogen-bond donors (Lipinski definition) is 1. The topological polar surface area (TPSA) is 39.1 Å². The highest BCUT2D eigenvalue weighted by Crippen LogP contribution is 2.22. The molecule has 3 heteroatoms. The van der Waals surface area contributed by atoms with E-state index in [1.165, 1.54) is 11.1 Å². The number of nitrogens with one attached hydrogen (secondary N) is 1. The Morgan fingerprint density at radius 2 is 2.00 bits per heavy atom. The average molecular weight is 243 g/mol. The lowest BCUT2D eigenvalue weighted by atomic mass is 10.1. The zero-order valence-corrected chi connectivity index (χ0v) is 11.0. The molecule has 0 aliphatic carbocycles. The van der Waals surface area contributed by atoms with E-state index < -0.39 is 0 Å². The Balaban J connectivity index is 1.78. The van der Waals surface area contributed by atoms with Gasteiger partial charge in [-0.2, -0.15) is 5.26 Å². The van der Waals surface area contributed by atoms with Gasteiger partial charge < -0.3 is 5.32 Å². The van der Waals surface area contributed by atoms with Gasteiger partial charge in [-0.25, -0.2) is 0 Å². The molecule has 1 aromatic rings. The fraction of sp³-hybridized carbons (Fsp3) is 0.533. The summed E-state index contributed by atoms with van der Waals surface area (Å²) in [5.41, 5.74) is 2.88. The molecule has 0 saturated heterocycles. The van der Waals surface area contributed by atoms with Crippen LogP contribution in [0.25, 0.3) is 0 Å². The summed E-state index contributed by atoms with van der Waals surface area (Å²) >= 11 is 0. The smallest absolute Gasteiger partial charge is 0.0965 e. The number of hydrogen-bond acceptors (Lipinski definition) is 3. The molecule has 1 unspecified atom stereocenters. The quantitative estimate of drug-likeness (QED) is 0.833. The van der Waals surface area contributed by atoms with Crippen LogP contribution in [0.4, 0.5) is 0 Å². The first kappa shape index (κ1) is 13.1. The first-order chi connectivity index (χ1) is 8.83. The molecule has 0 radical (unpaired) electrons. The van der Waals surface area contributed by atoms with Crippen molar-refractivity contribution in [3.05, 3.63) is 35.4 Å². The fourth-order valence-electron chi connectivity index (χ4n) is 2.40. The third-order valence-corrected chi connectivity index (χ3v) is 3.44. The Hall–Kier alpha value is -1.37. The van der Waals surface area contributed by atoms with E-state index in [2.05, 4.69) is 47.5 Å². The molecule has 0 aromatic heterocycles. The maximum Gasteiger partial charge on any atom is 0.0965 e. The molecular formula is C15H21N3. The maximum absolute atomic E-state index is 9.07. The second-order valence-electron chi connectivity index (χ2n) is 4.90. The molecule has 0 amide bonds. The van der Waals surface area contributed by atoms with Crippen molar-refractivity contribution in [2.75, 3.05) is 13.1 Å². The van der Waals surface area contributed by atoms with E-state index in [0.29, 0.717) is 0 Å². The number of nitrogens with zero attached hydrogens (tertiary/aromatic N) is 2. The molecule has 2 rings (SSSR count). The molecule has 1 aromatic carbocycles. The van der Waals surface area contributed by atoms with E-state index >= 15 is 0 Å². The van der Waals surface area contributed by atoms with Crippen LogP contribution >= 0.6 is 0 Å². The van der Waals surface area contributed by atoms with Crippen LogP contribution < -0.4 is 5.32 Å². The van der Waals surface area contributed by atoms with Gasteiger partial charge in [-0.3, -0.25) is 4.90 Å². The number of rotatable bonds is 6. The van der Waals surface area contributed by atoms with Gasteiger partial charge in [-0.05, 0) is 30.5 Å². The summed E-state index contributed by atoms with van der Waals surface area (Å²) in [4.78, 5) is 2.42. The molecule has 0 spiro atoms. The fourth-order valence-corrected chi connectivity index (χ4v) is 2.40. The third kappa shape index (κ3) is 3.32. The van der Waals surface area contributed by atoms with Gasteiger partial charge in [0.1, 0.15) is 0 Å². The molecule has 18 heavy (non-hydrogen) atoms. The minimum Gasteiger partial charge on any atom is -0.302 e. The SMILES string of the molecule is CCCNC(C#N)CCN1Cc2ccccc2C1. The number of fused-ring (bicyclic) bond motifs is 1. The van der Waals surface area contributed by atoms with Gasteiger partial charge in [0.25, 0.3) is 0 Å². The zero-order valence-electron chi connectivity index (χ0n) is 11.0. The van der Waals surface area contributed by atoms with Crippen LogP contribution in [-0.4, -0.2) is 24.0 Å². The van der Waals surface area contributed by atoms with E-state index in [1.54, 1.807) is 0 Å². The Morgan fingerprint density at radius 1 is 1.33 bits per heavy atom. The minimum atomic E-state index is -0.00587. The van der Waals surface area contributed by atoms with Crippen molar-refractivity contribution >= 4 is 0 Å². The molecule has 96 valence electrons. The van der Waals surface area contributed by atoms with Gasteiger partial charge in [0.2, 0.25) is 0 Å². The Bertz CT molecular complexity index is 397.